The maximum atomic E-state index is 11.8. The average molecular weight is 444 g/mol. The van der Waals surface area contributed by atoms with Crippen molar-refractivity contribution in [2.45, 2.75) is 23.7 Å². The summed E-state index contributed by atoms with van der Waals surface area (Å²) in [6.45, 7) is -0.186. The fourth-order valence-corrected chi connectivity index (χ4v) is 4.57. The van der Waals surface area contributed by atoms with Gasteiger partial charge >= 0.3 is 12.0 Å². The standard InChI is InChI=1S/C21H21N3O4S2/c25-18(24-20(27)22-13-15-7-2-1-3-8-15)14-28-19(26)11-6-12-29-21-23-16-9-4-5-10-17(16)30-21/h1-5,7-10H,6,11-14H2,(H2,22,24,25,27). The number of urea groups is 1. The van der Waals surface area contributed by atoms with Gasteiger partial charge in [-0.2, -0.15) is 0 Å². The zero-order valence-electron chi connectivity index (χ0n) is 16.1. The molecule has 0 bridgehead atoms. The number of rotatable bonds is 9. The summed E-state index contributed by atoms with van der Waals surface area (Å²) in [6, 6.07) is 16.6. The Morgan fingerprint density at radius 1 is 1.03 bits per heavy atom. The van der Waals surface area contributed by atoms with Crippen molar-refractivity contribution in [1.29, 1.82) is 0 Å². The van der Waals surface area contributed by atoms with Crippen LogP contribution >= 0.6 is 23.1 Å². The van der Waals surface area contributed by atoms with E-state index in [0.29, 0.717) is 13.0 Å². The van der Waals surface area contributed by atoms with Crippen molar-refractivity contribution in [2.75, 3.05) is 12.4 Å². The SMILES string of the molecule is O=C(COC(=O)CCCSc1nc2ccccc2s1)NC(=O)NCc1ccccc1. The quantitative estimate of drug-likeness (QED) is 0.297. The highest BCUT2D eigenvalue weighted by atomic mass is 32.2. The molecular weight excluding hydrogens is 422 g/mol. The first-order valence-corrected chi connectivity index (χ1v) is 11.2. The predicted octanol–water partition coefficient (Wildman–Crippen LogP) is 3.74. The number of thiazole rings is 1. The largest absolute Gasteiger partial charge is 0.456 e. The van der Waals surface area contributed by atoms with E-state index in [4.69, 9.17) is 4.74 Å². The molecule has 2 aromatic carbocycles. The number of aromatic nitrogens is 1. The molecule has 9 heteroatoms. The summed E-state index contributed by atoms with van der Waals surface area (Å²) in [5, 5.41) is 4.70. The molecule has 0 atom stereocenters. The summed E-state index contributed by atoms with van der Waals surface area (Å²) in [7, 11) is 0. The number of thioether (sulfide) groups is 1. The van der Waals surface area contributed by atoms with Crippen LogP contribution in [0.15, 0.2) is 58.9 Å². The molecule has 0 saturated carbocycles. The van der Waals surface area contributed by atoms with E-state index in [-0.39, 0.29) is 6.42 Å². The normalized spacial score (nSPS) is 10.5. The van der Waals surface area contributed by atoms with Crippen LogP contribution in [0.1, 0.15) is 18.4 Å². The molecule has 2 N–H and O–H groups in total. The van der Waals surface area contributed by atoms with Gasteiger partial charge < -0.3 is 10.1 Å². The molecule has 3 amide bonds. The first-order chi connectivity index (χ1) is 14.6. The van der Waals surface area contributed by atoms with Crippen molar-refractivity contribution in [2.24, 2.45) is 0 Å². The molecular formula is C21H21N3O4S2. The lowest BCUT2D eigenvalue weighted by Crippen LogP contribution is -2.41. The molecule has 30 heavy (non-hydrogen) atoms. The van der Waals surface area contributed by atoms with E-state index in [1.54, 1.807) is 23.1 Å². The second-order valence-electron chi connectivity index (χ2n) is 6.28. The van der Waals surface area contributed by atoms with Crippen molar-refractivity contribution in [1.82, 2.24) is 15.6 Å². The molecule has 0 radical (unpaired) electrons. The number of hydrogen-bond acceptors (Lipinski definition) is 7. The van der Waals surface area contributed by atoms with Gasteiger partial charge in [-0.25, -0.2) is 9.78 Å². The summed E-state index contributed by atoms with van der Waals surface area (Å²) in [5.41, 5.74) is 1.89. The zero-order valence-corrected chi connectivity index (χ0v) is 17.8. The lowest BCUT2D eigenvalue weighted by Gasteiger charge is -2.07. The minimum Gasteiger partial charge on any atom is -0.456 e. The van der Waals surface area contributed by atoms with Gasteiger partial charge in [0.05, 0.1) is 10.2 Å². The van der Waals surface area contributed by atoms with Crippen LogP contribution in [0.3, 0.4) is 0 Å². The molecule has 1 aromatic heterocycles. The third-order valence-corrected chi connectivity index (χ3v) is 6.20. The third-order valence-electron chi connectivity index (χ3n) is 3.94. The van der Waals surface area contributed by atoms with Gasteiger partial charge in [-0.1, -0.05) is 54.2 Å². The number of carbonyl (C=O) groups is 3. The number of benzene rings is 2. The minimum atomic E-state index is -0.669. The van der Waals surface area contributed by atoms with Gasteiger partial charge in [0.1, 0.15) is 0 Å². The Labute approximate surface area is 182 Å². The lowest BCUT2D eigenvalue weighted by atomic mass is 10.2. The van der Waals surface area contributed by atoms with E-state index >= 15 is 0 Å². The maximum Gasteiger partial charge on any atom is 0.321 e. The topological polar surface area (TPSA) is 97.4 Å². The van der Waals surface area contributed by atoms with Crippen LogP contribution in [0.25, 0.3) is 10.2 Å². The molecule has 156 valence electrons. The minimum absolute atomic E-state index is 0.200. The molecule has 0 aliphatic rings. The van der Waals surface area contributed by atoms with Gasteiger partial charge in [0.15, 0.2) is 10.9 Å². The number of ether oxygens (including phenoxy) is 1. The van der Waals surface area contributed by atoms with Crippen molar-refractivity contribution in [3.63, 3.8) is 0 Å². The Hall–Kier alpha value is -2.91. The van der Waals surface area contributed by atoms with Gasteiger partial charge in [-0.3, -0.25) is 14.9 Å². The summed E-state index contributed by atoms with van der Waals surface area (Å²) in [6.07, 6.45) is 0.810. The van der Waals surface area contributed by atoms with Crippen molar-refractivity contribution in [3.05, 3.63) is 60.2 Å². The number of nitrogens with zero attached hydrogens (tertiary/aromatic N) is 1. The van der Waals surface area contributed by atoms with E-state index in [2.05, 4.69) is 15.6 Å². The Morgan fingerprint density at radius 2 is 1.80 bits per heavy atom. The first-order valence-electron chi connectivity index (χ1n) is 9.36. The van der Waals surface area contributed by atoms with Gasteiger partial charge in [-0.05, 0) is 24.1 Å². The van der Waals surface area contributed by atoms with E-state index in [1.165, 1.54) is 0 Å². The predicted molar refractivity (Wildman–Crippen MR) is 117 cm³/mol. The zero-order chi connectivity index (χ0) is 21.2. The second-order valence-corrected chi connectivity index (χ2v) is 8.65. The molecule has 7 nitrogen and oxygen atoms in total. The van der Waals surface area contributed by atoms with Gasteiger partial charge in [0.25, 0.3) is 5.91 Å². The van der Waals surface area contributed by atoms with Gasteiger partial charge in [0, 0.05) is 18.7 Å². The Kier molecular flexibility index (Phi) is 8.22. The highest BCUT2D eigenvalue weighted by Crippen LogP contribution is 2.29. The number of nitrogens with one attached hydrogen (secondary N) is 2. The fourth-order valence-electron chi connectivity index (χ4n) is 2.49. The molecule has 3 aromatic rings. The molecule has 0 aliphatic carbocycles. The fraction of sp³-hybridized carbons (Fsp3) is 0.238. The van der Waals surface area contributed by atoms with Crippen LogP contribution in [0.5, 0.6) is 0 Å². The second kappa shape index (κ2) is 11.3. The van der Waals surface area contributed by atoms with Crippen LogP contribution in [-0.4, -0.2) is 35.3 Å². The Bertz CT molecular complexity index is 975. The first kappa shape index (κ1) is 21.8. The number of carbonyl (C=O) groups excluding carboxylic acids is 3. The summed E-state index contributed by atoms with van der Waals surface area (Å²) in [5.74, 6) is -0.416. The molecule has 3 rings (SSSR count). The van der Waals surface area contributed by atoms with Crippen LogP contribution in [0.4, 0.5) is 4.79 Å². The van der Waals surface area contributed by atoms with E-state index in [1.807, 2.05) is 54.6 Å². The number of hydrogen-bond donors (Lipinski definition) is 2. The monoisotopic (exact) mass is 443 g/mol. The van der Waals surface area contributed by atoms with Crippen LogP contribution in [-0.2, 0) is 20.9 Å². The summed E-state index contributed by atoms with van der Waals surface area (Å²) in [4.78, 5) is 39.7. The lowest BCUT2D eigenvalue weighted by molar-refractivity contribution is -0.148. The van der Waals surface area contributed by atoms with Crippen molar-refractivity contribution >= 4 is 51.2 Å². The van der Waals surface area contributed by atoms with Crippen LogP contribution < -0.4 is 10.6 Å². The summed E-state index contributed by atoms with van der Waals surface area (Å²) < 4.78 is 7.02. The maximum absolute atomic E-state index is 11.8. The highest BCUT2D eigenvalue weighted by Gasteiger charge is 2.11. The van der Waals surface area contributed by atoms with Gasteiger partial charge in [-0.15, -0.1) is 11.3 Å². The number of imide groups is 1. The molecule has 1 heterocycles. The molecule has 0 aliphatic heterocycles. The number of esters is 1. The van der Waals surface area contributed by atoms with Crippen molar-refractivity contribution in [3.8, 4) is 0 Å². The molecule has 0 spiro atoms. The van der Waals surface area contributed by atoms with Gasteiger partial charge in [0.2, 0.25) is 0 Å². The van der Waals surface area contributed by atoms with E-state index in [9.17, 15) is 14.4 Å². The highest BCUT2D eigenvalue weighted by molar-refractivity contribution is 8.01. The Morgan fingerprint density at radius 3 is 2.60 bits per heavy atom. The molecule has 0 unspecified atom stereocenters. The summed E-state index contributed by atoms with van der Waals surface area (Å²) >= 11 is 3.22. The smallest absolute Gasteiger partial charge is 0.321 e. The Balaban J connectivity index is 1.26. The van der Waals surface area contributed by atoms with E-state index in [0.717, 1.165) is 25.9 Å². The molecule has 0 saturated heterocycles. The number of para-hydroxylation sites is 1. The average Bonchev–Trinajstić information content (AvgIpc) is 3.17. The van der Waals surface area contributed by atoms with Crippen LogP contribution in [0, 0.1) is 0 Å². The number of amides is 3. The molecule has 0 fully saturated rings. The van der Waals surface area contributed by atoms with E-state index < -0.39 is 24.5 Å². The van der Waals surface area contributed by atoms with Crippen LogP contribution in [0.2, 0.25) is 0 Å². The third kappa shape index (κ3) is 7.16. The van der Waals surface area contributed by atoms with Crippen molar-refractivity contribution < 1.29 is 19.1 Å². The number of fused-ring (bicyclic) bond motifs is 1.